The summed E-state index contributed by atoms with van der Waals surface area (Å²) < 4.78 is 5.05. The van der Waals surface area contributed by atoms with Crippen LogP contribution in [0.1, 0.15) is 20.8 Å². The first kappa shape index (κ1) is 13.3. The Labute approximate surface area is 98.7 Å². The summed E-state index contributed by atoms with van der Waals surface area (Å²) in [7, 11) is 0. The van der Waals surface area contributed by atoms with Gasteiger partial charge in [-0.1, -0.05) is 0 Å². The molecule has 0 spiro atoms. The number of carboxylic acids is 1. The molecular formula is C10H15N2O5-. The number of carbonyl (C=O) groups excluding carboxylic acids is 3. The van der Waals surface area contributed by atoms with Crippen LogP contribution in [0, 0.1) is 0 Å². The fraction of sp³-hybridized carbons (Fsp3) is 0.700. The lowest BCUT2D eigenvalue weighted by Crippen LogP contribution is -2.61. The number of ether oxygens (including phenoxy) is 1. The molecule has 1 fully saturated rings. The zero-order valence-corrected chi connectivity index (χ0v) is 9.98. The molecule has 96 valence electrons. The molecule has 1 rings (SSSR count). The van der Waals surface area contributed by atoms with Crippen molar-refractivity contribution in [1.29, 1.82) is 0 Å². The largest absolute Gasteiger partial charge is 0.548 e. The van der Waals surface area contributed by atoms with E-state index in [1.807, 2.05) is 0 Å². The van der Waals surface area contributed by atoms with Gasteiger partial charge in [0.05, 0.1) is 18.6 Å². The van der Waals surface area contributed by atoms with Crippen LogP contribution in [0.3, 0.4) is 0 Å². The third kappa shape index (κ3) is 3.93. The number of aliphatic carboxylic acids is 1. The molecule has 1 atom stereocenters. The van der Waals surface area contributed by atoms with E-state index in [1.54, 1.807) is 20.8 Å². The summed E-state index contributed by atoms with van der Waals surface area (Å²) in [5.74, 6) is -1.97. The van der Waals surface area contributed by atoms with Crippen LogP contribution in [0.5, 0.6) is 0 Å². The quantitative estimate of drug-likeness (QED) is 0.602. The summed E-state index contributed by atoms with van der Waals surface area (Å²) >= 11 is 0. The van der Waals surface area contributed by atoms with E-state index in [1.165, 1.54) is 0 Å². The van der Waals surface area contributed by atoms with Crippen LogP contribution in [-0.2, 0) is 14.3 Å². The average molecular weight is 243 g/mol. The van der Waals surface area contributed by atoms with E-state index >= 15 is 0 Å². The topological polar surface area (TPSA) is 98.8 Å². The van der Waals surface area contributed by atoms with Gasteiger partial charge in [0.15, 0.2) is 0 Å². The Balaban J connectivity index is 2.67. The minimum atomic E-state index is -1.42. The molecule has 0 aliphatic carbocycles. The van der Waals surface area contributed by atoms with Gasteiger partial charge in [-0.25, -0.2) is 4.79 Å². The maximum Gasteiger partial charge on any atom is 0.410 e. The second-order valence-electron chi connectivity index (χ2n) is 4.80. The molecule has 0 bridgehead atoms. The highest BCUT2D eigenvalue weighted by Gasteiger charge is 2.31. The van der Waals surface area contributed by atoms with E-state index in [0.29, 0.717) is 0 Å². The Bertz CT molecular complexity index is 347. The zero-order chi connectivity index (χ0) is 13.2. The van der Waals surface area contributed by atoms with Crippen LogP contribution in [0.4, 0.5) is 4.79 Å². The molecule has 0 unspecified atom stereocenters. The first-order chi connectivity index (χ1) is 7.69. The molecular weight excluding hydrogens is 228 g/mol. The first-order valence-corrected chi connectivity index (χ1v) is 5.17. The number of carbonyl (C=O) groups is 3. The van der Waals surface area contributed by atoms with Crippen LogP contribution in [0.2, 0.25) is 0 Å². The highest BCUT2D eigenvalue weighted by molar-refractivity contribution is 5.88. The number of amides is 2. The van der Waals surface area contributed by atoms with Gasteiger partial charge in [-0.05, 0) is 20.8 Å². The molecule has 1 aliphatic heterocycles. The highest BCUT2D eigenvalue weighted by Crippen LogP contribution is 2.11. The van der Waals surface area contributed by atoms with Gasteiger partial charge < -0.3 is 20.0 Å². The molecule has 17 heavy (non-hydrogen) atoms. The summed E-state index contributed by atoms with van der Waals surface area (Å²) in [6, 6.07) is -1.19. The summed E-state index contributed by atoms with van der Waals surface area (Å²) in [5, 5.41) is 12.9. The lowest BCUT2D eigenvalue weighted by molar-refractivity contribution is -0.308. The monoisotopic (exact) mass is 243 g/mol. The summed E-state index contributed by atoms with van der Waals surface area (Å²) in [4.78, 5) is 34.5. The third-order valence-electron chi connectivity index (χ3n) is 2.01. The van der Waals surface area contributed by atoms with Gasteiger partial charge in [-0.15, -0.1) is 0 Å². The maximum atomic E-state index is 11.6. The second-order valence-corrected chi connectivity index (χ2v) is 4.80. The number of hydrogen-bond donors (Lipinski definition) is 1. The molecule has 7 nitrogen and oxygen atoms in total. The van der Waals surface area contributed by atoms with Crippen molar-refractivity contribution in [1.82, 2.24) is 10.2 Å². The molecule has 0 saturated carbocycles. The molecule has 1 aliphatic rings. The molecule has 0 radical (unpaired) electrons. The van der Waals surface area contributed by atoms with Gasteiger partial charge in [-0.2, -0.15) is 0 Å². The summed E-state index contributed by atoms with van der Waals surface area (Å²) in [6.45, 7) is 4.70. The Hall–Kier alpha value is -1.79. The van der Waals surface area contributed by atoms with Gasteiger partial charge in [0.2, 0.25) is 5.91 Å². The minimum Gasteiger partial charge on any atom is -0.548 e. The molecule has 1 saturated heterocycles. The molecule has 0 aromatic carbocycles. The Morgan fingerprint density at radius 3 is 2.53 bits per heavy atom. The van der Waals surface area contributed by atoms with Gasteiger partial charge in [0.1, 0.15) is 12.1 Å². The van der Waals surface area contributed by atoms with Gasteiger partial charge >= 0.3 is 6.09 Å². The van der Waals surface area contributed by atoms with Crippen molar-refractivity contribution in [3.05, 3.63) is 0 Å². The SMILES string of the molecule is CC(C)(C)OC(=O)N1CC(=O)N[C@H](C(=O)[O-])C1. The van der Waals surface area contributed by atoms with E-state index < -0.39 is 29.6 Å². The number of nitrogens with one attached hydrogen (secondary N) is 1. The molecule has 7 heteroatoms. The number of nitrogens with zero attached hydrogens (tertiary/aromatic N) is 1. The highest BCUT2D eigenvalue weighted by atomic mass is 16.6. The van der Waals surface area contributed by atoms with Crippen molar-refractivity contribution in [3.8, 4) is 0 Å². The van der Waals surface area contributed by atoms with Crippen molar-refractivity contribution in [3.63, 3.8) is 0 Å². The van der Waals surface area contributed by atoms with Gasteiger partial charge in [0.25, 0.3) is 0 Å². The number of rotatable bonds is 1. The zero-order valence-electron chi connectivity index (χ0n) is 9.98. The van der Waals surface area contributed by atoms with Crippen molar-refractivity contribution in [2.45, 2.75) is 32.4 Å². The van der Waals surface area contributed by atoms with Crippen molar-refractivity contribution in [2.24, 2.45) is 0 Å². The van der Waals surface area contributed by atoms with Gasteiger partial charge in [0, 0.05) is 0 Å². The first-order valence-electron chi connectivity index (χ1n) is 5.17. The average Bonchev–Trinajstić information content (AvgIpc) is 2.13. The predicted molar refractivity (Wildman–Crippen MR) is 54.7 cm³/mol. The van der Waals surface area contributed by atoms with Crippen molar-refractivity contribution >= 4 is 18.0 Å². The number of carboxylic acid groups (broad SMARTS) is 1. The van der Waals surface area contributed by atoms with E-state index in [2.05, 4.69) is 5.32 Å². The van der Waals surface area contributed by atoms with Crippen LogP contribution in [0.25, 0.3) is 0 Å². The van der Waals surface area contributed by atoms with Gasteiger partial charge in [-0.3, -0.25) is 9.69 Å². The Morgan fingerprint density at radius 2 is 2.06 bits per heavy atom. The molecule has 0 aromatic rings. The predicted octanol–water partition coefficient (Wildman–Crippen LogP) is -1.53. The van der Waals surface area contributed by atoms with Crippen LogP contribution >= 0.6 is 0 Å². The fourth-order valence-corrected chi connectivity index (χ4v) is 1.34. The molecule has 0 aromatic heterocycles. The molecule has 1 heterocycles. The maximum absolute atomic E-state index is 11.6. The second kappa shape index (κ2) is 4.60. The minimum absolute atomic E-state index is 0.150. The third-order valence-corrected chi connectivity index (χ3v) is 2.01. The van der Waals surface area contributed by atoms with Crippen molar-refractivity contribution in [2.75, 3.05) is 13.1 Å². The van der Waals surface area contributed by atoms with Crippen LogP contribution < -0.4 is 10.4 Å². The van der Waals surface area contributed by atoms with Crippen molar-refractivity contribution < 1.29 is 24.2 Å². The molecule has 1 N–H and O–H groups in total. The van der Waals surface area contributed by atoms with E-state index in [-0.39, 0.29) is 13.1 Å². The lowest BCUT2D eigenvalue weighted by atomic mass is 10.2. The van der Waals surface area contributed by atoms with E-state index in [0.717, 1.165) is 4.90 Å². The fourth-order valence-electron chi connectivity index (χ4n) is 1.34. The Kier molecular flexibility index (Phi) is 3.59. The van der Waals surface area contributed by atoms with Crippen LogP contribution in [-0.4, -0.2) is 47.6 Å². The smallest absolute Gasteiger partial charge is 0.410 e. The number of hydrogen-bond acceptors (Lipinski definition) is 5. The van der Waals surface area contributed by atoms with E-state index in [4.69, 9.17) is 4.74 Å². The standard InChI is InChI=1S/C10H16N2O5/c1-10(2,3)17-9(16)12-4-6(8(14)15)11-7(13)5-12/h6H,4-5H2,1-3H3,(H,11,13)(H,14,15)/p-1/t6-/m0/s1. The summed E-state index contributed by atoms with van der Waals surface area (Å²) in [5.41, 5.74) is -0.692. The van der Waals surface area contributed by atoms with Crippen LogP contribution in [0.15, 0.2) is 0 Å². The lowest BCUT2D eigenvalue weighted by Gasteiger charge is -2.34. The summed E-state index contributed by atoms with van der Waals surface area (Å²) in [6.07, 6.45) is -0.710. The van der Waals surface area contributed by atoms with E-state index in [9.17, 15) is 19.5 Å². The molecule has 2 amide bonds. The number of piperazine rings is 1. The Morgan fingerprint density at radius 1 is 1.47 bits per heavy atom. The normalized spacial score (nSPS) is 20.8.